The van der Waals surface area contributed by atoms with Crippen LogP contribution in [0.2, 0.25) is 0 Å². The Bertz CT molecular complexity index is 1210. The van der Waals surface area contributed by atoms with Gasteiger partial charge in [0.1, 0.15) is 10.6 Å². The van der Waals surface area contributed by atoms with Crippen molar-refractivity contribution in [3.63, 3.8) is 0 Å². The zero-order chi connectivity index (χ0) is 27.8. The number of benzene rings is 2. The maximum Gasteiger partial charge on any atom is 0.312 e. The largest absolute Gasteiger partial charge is 0.507 e. The van der Waals surface area contributed by atoms with Gasteiger partial charge >= 0.3 is 5.97 Å². The Morgan fingerprint density at radius 1 is 1.22 bits per heavy atom. The molecule has 2 unspecified atom stereocenters. The summed E-state index contributed by atoms with van der Waals surface area (Å²) in [6.07, 6.45) is 1.26. The number of hydrogen-bond donors (Lipinski definition) is 3. The van der Waals surface area contributed by atoms with Gasteiger partial charge in [0, 0.05) is 18.8 Å². The molecule has 0 aliphatic carbocycles. The molecule has 0 radical (unpaired) electrons. The monoisotopic (exact) mass is 550 g/mol. The van der Waals surface area contributed by atoms with E-state index in [4.69, 9.17) is 10.5 Å². The van der Waals surface area contributed by atoms with Crippen LogP contribution in [0.4, 0.5) is 0 Å². The van der Waals surface area contributed by atoms with E-state index in [1.54, 1.807) is 45.0 Å². The van der Waals surface area contributed by atoms with E-state index in [-0.39, 0.29) is 30.3 Å². The molecule has 8 nitrogen and oxygen atoms in total. The summed E-state index contributed by atoms with van der Waals surface area (Å²) in [6.45, 7) is 9.20. The number of phenols is 1. The molecule has 10 heteroatoms. The molecule has 2 atom stereocenters. The summed E-state index contributed by atoms with van der Waals surface area (Å²) in [5.41, 5.74) is 7.57. The molecule has 0 aliphatic rings. The van der Waals surface area contributed by atoms with Gasteiger partial charge in [0.15, 0.2) is 0 Å². The molecule has 0 spiro atoms. The molecule has 4 N–H and O–H groups in total. The minimum atomic E-state index is -3.97. The highest BCUT2D eigenvalue weighted by Gasteiger charge is 2.39. The highest BCUT2D eigenvalue weighted by molar-refractivity contribution is 7.89. The Morgan fingerprint density at radius 3 is 2.49 bits per heavy atom. The van der Waals surface area contributed by atoms with Gasteiger partial charge in [0.25, 0.3) is 0 Å². The lowest BCUT2D eigenvalue weighted by Crippen LogP contribution is -2.34. The Labute approximate surface area is 222 Å². The second kappa shape index (κ2) is 13.4. The number of carbonyl (C=O) groups is 1. The highest BCUT2D eigenvalue weighted by Crippen LogP contribution is 2.38. The highest BCUT2D eigenvalue weighted by atomic mass is 32.2. The zero-order valence-corrected chi connectivity index (χ0v) is 24.0. The van der Waals surface area contributed by atoms with Gasteiger partial charge in [0.2, 0.25) is 10.0 Å². The van der Waals surface area contributed by atoms with Gasteiger partial charge in [-0.05, 0) is 61.6 Å². The van der Waals surface area contributed by atoms with E-state index in [1.165, 1.54) is 16.4 Å². The quantitative estimate of drug-likeness (QED) is 0.224. The van der Waals surface area contributed by atoms with Crippen molar-refractivity contribution < 1.29 is 28.2 Å². The SMILES string of the molecule is CCCP/C=C(\N)COC(c1ccc(C)c(CN(CC)S(=O)(=O)c2ccccc2O)c1)C(C)(C)C(=O)O. The molecule has 0 saturated carbocycles. The van der Waals surface area contributed by atoms with Gasteiger partial charge in [-0.3, -0.25) is 4.79 Å². The van der Waals surface area contributed by atoms with Crippen LogP contribution in [-0.4, -0.2) is 48.2 Å². The van der Waals surface area contributed by atoms with E-state index in [0.717, 1.165) is 18.1 Å². The van der Waals surface area contributed by atoms with E-state index < -0.39 is 27.5 Å². The van der Waals surface area contributed by atoms with Gasteiger partial charge in [0.05, 0.1) is 18.1 Å². The fourth-order valence-electron chi connectivity index (χ4n) is 3.80. The van der Waals surface area contributed by atoms with Crippen molar-refractivity contribution in [2.75, 3.05) is 19.3 Å². The number of rotatable bonds is 14. The summed E-state index contributed by atoms with van der Waals surface area (Å²) in [7, 11) is -3.39. The van der Waals surface area contributed by atoms with Crippen LogP contribution < -0.4 is 5.73 Å². The van der Waals surface area contributed by atoms with Crippen LogP contribution in [-0.2, 0) is 26.1 Å². The Kier molecular flexibility index (Phi) is 11.1. The summed E-state index contributed by atoms with van der Waals surface area (Å²) in [5.74, 6) is 0.596. The van der Waals surface area contributed by atoms with Crippen LogP contribution in [0.3, 0.4) is 0 Å². The normalized spacial score (nSPS) is 13.9. The van der Waals surface area contributed by atoms with Crippen molar-refractivity contribution in [1.29, 1.82) is 0 Å². The van der Waals surface area contributed by atoms with Crippen molar-refractivity contribution in [1.82, 2.24) is 4.31 Å². The molecule has 2 aromatic carbocycles. The topological polar surface area (TPSA) is 130 Å². The maximum atomic E-state index is 13.3. The van der Waals surface area contributed by atoms with E-state index in [2.05, 4.69) is 6.92 Å². The van der Waals surface area contributed by atoms with Gasteiger partial charge < -0.3 is 20.7 Å². The third-order valence-corrected chi connectivity index (χ3v) is 9.50. The minimum absolute atomic E-state index is 0.0488. The smallest absolute Gasteiger partial charge is 0.312 e. The van der Waals surface area contributed by atoms with Gasteiger partial charge in [-0.15, -0.1) is 0 Å². The first kappa shape index (κ1) is 30.8. The average Bonchev–Trinajstić information content (AvgIpc) is 2.84. The first-order chi connectivity index (χ1) is 17.4. The number of hydrogen-bond acceptors (Lipinski definition) is 6. The van der Waals surface area contributed by atoms with Gasteiger partial charge in [-0.25, -0.2) is 8.42 Å². The number of para-hydroxylation sites is 1. The average molecular weight is 551 g/mol. The predicted molar refractivity (Wildman–Crippen MR) is 148 cm³/mol. The van der Waals surface area contributed by atoms with Gasteiger partial charge in [-0.1, -0.05) is 59.2 Å². The molecule has 0 fully saturated rings. The molecule has 0 aromatic heterocycles. The molecule has 204 valence electrons. The summed E-state index contributed by atoms with van der Waals surface area (Å²) in [6, 6.07) is 11.3. The summed E-state index contributed by atoms with van der Waals surface area (Å²) >= 11 is 0. The molecule has 0 saturated heterocycles. The van der Waals surface area contributed by atoms with Crippen LogP contribution >= 0.6 is 8.58 Å². The number of phenolic OH excluding ortho intramolecular Hbond substituents is 1. The number of ether oxygens (including phenoxy) is 1. The van der Waals surface area contributed by atoms with Crippen molar-refractivity contribution in [2.24, 2.45) is 11.1 Å². The van der Waals surface area contributed by atoms with Crippen molar-refractivity contribution in [3.8, 4) is 5.75 Å². The molecule has 2 aromatic rings. The van der Waals surface area contributed by atoms with E-state index in [9.17, 15) is 23.4 Å². The third kappa shape index (κ3) is 7.77. The van der Waals surface area contributed by atoms with Crippen molar-refractivity contribution in [3.05, 3.63) is 70.7 Å². The first-order valence-electron chi connectivity index (χ1n) is 12.3. The lowest BCUT2D eigenvalue weighted by Gasteiger charge is -2.32. The number of aromatic hydroxyl groups is 1. The number of aryl methyl sites for hydroxylation is 1. The standard InChI is InChI=1S/C27H39N2O6PS/c1-6-14-36-18-22(28)17-35-25(27(4,5)26(31)32)20-13-12-19(3)21(15-20)16-29(7-2)37(33,34)24-11-9-8-10-23(24)30/h8-13,15,18,25,30,36H,6-7,14,16-17,28H2,1-5H3,(H,31,32)/b22-18-. The Balaban J connectivity index is 2.42. The lowest BCUT2D eigenvalue weighted by molar-refractivity contribution is -0.156. The zero-order valence-electron chi connectivity index (χ0n) is 22.2. The summed E-state index contributed by atoms with van der Waals surface area (Å²) in [4.78, 5) is 12.0. The van der Waals surface area contributed by atoms with Crippen LogP contribution in [0.15, 0.2) is 58.9 Å². The van der Waals surface area contributed by atoms with E-state index in [0.29, 0.717) is 25.4 Å². The van der Waals surface area contributed by atoms with Crippen molar-refractivity contribution >= 4 is 24.6 Å². The second-order valence-electron chi connectivity index (χ2n) is 9.48. The van der Waals surface area contributed by atoms with Crippen LogP contribution in [0.1, 0.15) is 56.9 Å². The molecule has 0 bridgehead atoms. The molecule has 0 heterocycles. The number of carboxylic acid groups (broad SMARTS) is 1. The molecule has 2 rings (SSSR count). The number of aliphatic carboxylic acids is 1. The second-order valence-corrected chi connectivity index (χ2v) is 12.6. The summed E-state index contributed by atoms with van der Waals surface area (Å²) < 4.78 is 34.0. The lowest BCUT2D eigenvalue weighted by atomic mass is 9.81. The molecule has 0 amide bonds. The molecular formula is C27H39N2O6PS. The molecular weight excluding hydrogens is 511 g/mol. The third-order valence-electron chi connectivity index (χ3n) is 6.16. The molecule has 37 heavy (non-hydrogen) atoms. The number of carboxylic acids is 1. The van der Waals surface area contributed by atoms with Crippen LogP contribution in [0, 0.1) is 12.3 Å². The number of sulfonamides is 1. The van der Waals surface area contributed by atoms with E-state index in [1.807, 2.05) is 18.8 Å². The fourth-order valence-corrected chi connectivity index (χ4v) is 6.09. The number of nitrogens with zero attached hydrogens (tertiary/aromatic N) is 1. The maximum absolute atomic E-state index is 13.3. The van der Waals surface area contributed by atoms with Gasteiger partial charge in [-0.2, -0.15) is 4.31 Å². The van der Waals surface area contributed by atoms with E-state index >= 15 is 0 Å². The van der Waals surface area contributed by atoms with Crippen molar-refractivity contribution in [2.45, 2.75) is 58.6 Å². The Hall–Kier alpha value is -2.45. The Morgan fingerprint density at radius 2 is 1.89 bits per heavy atom. The number of nitrogens with two attached hydrogens (primary N) is 1. The molecule has 0 aliphatic heterocycles. The minimum Gasteiger partial charge on any atom is -0.507 e. The summed E-state index contributed by atoms with van der Waals surface area (Å²) in [5, 5.41) is 20.1. The first-order valence-corrected chi connectivity index (χ1v) is 15.0. The van der Waals surface area contributed by atoms with Crippen LogP contribution in [0.5, 0.6) is 5.75 Å². The fraction of sp³-hybridized carbons (Fsp3) is 0.444. The van der Waals surface area contributed by atoms with Crippen LogP contribution in [0.25, 0.3) is 0 Å². The predicted octanol–water partition coefficient (Wildman–Crippen LogP) is 4.97.